The highest BCUT2D eigenvalue weighted by Crippen LogP contribution is 2.37. The fourth-order valence-corrected chi connectivity index (χ4v) is 4.07. The van der Waals surface area contributed by atoms with Gasteiger partial charge in [-0.2, -0.15) is 0 Å². The smallest absolute Gasteiger partial charge is 0.411 e. The quantitative estimate of drug-likeness (QED) is 0.909. The molecule has 1 saturated carbocycles. The maximum absolute atomic E-state index is 13.0. The lowest BCUT2D eigenvalue weighted by atomic mass is 9.75. The molecule has 1 N–H and O–H groups in total. The molecule has 25 heavy (non-hydrogen) atoms. The molecule has 1 saturated heterocycles. The highest BCUT2D eigenvalue weighted by Gasteiger charge is 2.33. The van der Waals surface area contributed by atoms with Crippen molar-refractivity contribution in [1.82, 2.24) is 4.90 Å². The van der Waals surface area contributed by atoms with Gasteiger partial charge < -0.3 is 14.4 Å². The van der Waals surface area contributed by atoms with Crippen LogP contribution in [0.5, 0.6) is 5.75 Å². The molecule has 136 valence electrons. The van der Waals surface area contributed by atoms with E-state index in [1.54, 1.807) is 18.2 Å². The number of methoxy groups -OCH3 is 2. The predicted octanol–water partition coefficient (Wildman–Crippen LogP) is 3.53. The minimum Gasteiger partial charge on any atom is -0.496 e. The van der Waals surface area contributed by atoms with Gasteiger partial charge in [0.15, 0.2) is 0 Å². The zero-order chi connectivity index (χ0) is 17.8. The summed E-state index contributed by atoms with van der Waals surface area (Å²) in [5.74, 6) is 1.89. The molecule has 1 aromatic rings. The number of nitrogens with zero attached hydrogens (tertiary/aromatic N) is 1. The van der Waals surface area contributed by atoms with E-state index < -0.39 is 6.09 Å². The molecule has 0 unspecified atom stereocenters. The van der Waals surface area contributed by atoms with E-state index >= 15 is 0 Å². The van der Waals surface area contributed by atoms with Gasteiger partial charge in [-0.25, -0.2) is 4.79 Å². The molecule has 0 aromatic heterocycles. The zero-order valence-corrected chi connectivity index (χ0v) is 14.9. The van der Waals surface area contributed by atoms with Crippen molar-refractivity contribution in [3.05, 3.63) is 23.8 Å². The third kappa shape index (κ3) is 3.89. The van der Waals surface area contributed by atoms with Crippen molar-refractivity contribution in [2.24, 2.45) is 11.8 Å². The minimum absolute atomic E-state index is 0.00508. The first kappa shape index (κ1) is 17.6. The molecule has 1 aromatic carbocycles. The molecular formula is C19H26N2O4. The Kier molecular flexibility index (Phi) is 5.46. The van der Waals surface area contributed by atoms with Crippen molar-refractivity contribution in [3.8, 4) is 5.75 Å². The number of anilines is 1. The summed E-state index contributed by atoms with van der Waals surface area (Å²) in [6.07, 6.45) is 5.69. The monoisotopic (exact) mass is 346 g/mol. The molecule has 2 fully saturated rings. The number of ether oxygens (including phenoxy) is 2. The Hall–Kier alpha value is -2.24. The Morgan fingerprint density at radius 1 is 1.12 bits per heavy atom. The normalized spacial score (nSPS) is 22.7. The molecule has 0 radical (unpaired) electrons. The molecule has 3 rings (SSSR count). The number of nitrogens with one attached hydrogen (secondary N) is 1. The van der Waals surface area contributed by atoms with Gasteiger partial charge >= 0.3 is 6.09 Å². The Bertz CT molecular complexity index is 646. The van der Waals surface area contributed by atoms with Gasteiger partial charge in [-0.1, -0.05) is 19.3 Å². The first-order valence-corrected chi connectivity index (χ1v) is 8.94. The van der Waals surface area contributed by atoms with Crippen molar-refractivity contribution in [1.29, 1.82) is 0 Å². The number of benzene rings is 1. The van der Waals surface area contributed by atoms with Crippen molar-refractivity contribution >= 4 is 17.7 Å². The van der Waals surface area contributed by atoms with E-state index in [-0.39, 0.29) is 5.91 Å². The third-order valence-electron chi connectivity index (χ3n) is 5.44. The maximum Gasteiger partial charge on any atom is 0.411 e. The van der Waals surface area contributed by atoms with E-state index in [1.807, 2.05) is 4.90 Å². The molecule has 2 aliphatic rings. The highest BCUT2D eigenvalue weighted by atomic mass is 16.5. The second kappa shape index (κ2) is 7.76. The summed E-state index contributed by atoms with van der Waals surface area (Å²) < 4.78 is 9.96. The first-order valence-electron chi connectivity index (χ1n) is 8.94. The maximum atomic E-state index is 13.0. The van der Waals surface area contributed by atoms with E-state index in [9.17, 15) is 9.59 Å². The Balaban J connectivity index is 1.74. The number of amides is 2. The van der Waals surface area contributed by atoms with E-state index in [1.165, 1.54) is 39.9 Å². The Morgan fingerprint density at radius 3 is 2.60 bits per heavy atom. The molecule has 2 amide bonds. The molecular weight excluding hydrogens is 320 g/mol. The number of carbonyl (C=O) groups is 2. The van der Waals surface area contributed by atoms with E-state index in [2.05, 4.69) is 10.1 Å². The van der Waals surface area contributed by atoms with Crippen molar-refractivity contribution in [3.63, 3.8) is 0 Å². The number of hydrogen-bond donors (Lipinski definition) is 1. The summed E-state index contributed by atoms with van der Waals surface area (Å²) in [5.41, 5.74) is 1.07. The van der Waals surface area contributed by atoms with Crippen LogP contribution < -0.4 is 10.1 Å². The average Bonchev–Trinajstić information content (AvgIpc) is 2.66. The standard InChI is InChI=1S/C19H26N2O4/c1-24-17-11-15(20-19(23)25-2)7-8-16(17)18(22)21-10-9-13-5-3-4-6-14(13)12-21/h7-8,11,13-14H,3-6,9-10,12H2,1-2H3,(H,20,23)/t13-,14+/m1/s1. The van der Waals surface area contributed by atoms with Crippen LogP contribution in [-0.4, -0.2) is 44.2 Å². The third-order valence-corrected chi connectivity index (χ3v) is 5.44. The number of likely N-dealkylation sites (tertiary alicyclic amines) is 1. The van der Waals surface area contributed by atoms with Crippen LogP contribution in [0.25, 0.3) is 0 Å². The number of carbonyl (C=O) groups excluding carboxylic acids is 2. The molecule has 0 spiro atoms. The second-order valence-corrected chi connectivity index (χ2v) is 6.88. The average molecular weight is 346 g/mol. The van der Waals surface area contributed by atoms with Crippen molar-refractivity contribution < 1.29 is 19.1 Å². The Morgan fingerprint density at radius 2 is 1.88 bits per heavy atom. The summed E-state index contributed by atoms with van der Waals surface area (Å²) >= 11 is 0. The van der Waals surface area contributed by atoms with Crippen LogP contribution in [-0.2, 0) is 4.74 Å². The molecule has 1 aliphatic heterocycles. The van der Waals surface area contributed by atoms with E-state index in [4.69, 9.17) is 4.74 Å². The van der Waals surface area contributed by atoms with Crippen LogP contribution in [0.15, 0.2) is 18.2 Å². The largest absolute Gasteiger partial charge is 0.496 e. The highest BCUT2D eigenvalue weighted by molar-refractivity contribution is 5.98. The fraction of sp³-hybridized carbons (Fsp3) is 0.579. The second-order valence-electron chi connectivity index (χ2n) is 6.88. The van der Waals surface area contributed by atoms with Crippen LogP contribution in [0.2, 0.25) is 0 Å². The molecule has 0 bridgehead atoms. The lowest BCUT2D eigenvalue weighted by Gasteiger charge is -2.41. The van der Waals surface area contributed by atoms with Gasteiger partial charge in [-0.3, -0.25) is 10.1 Å². The molecule has 1 aliphatic carbocycles. The minimum atomic E-state index is -0.555. The first-order chi connectivity index (χ1) is 12.1. The zero-order valence-electron chi connectivity index (χ0n) is 14.9. The number of rotatable bonds is 3. The topological polar surface area (TPSA) is 67.9 Å². The van der Waals surface area contributed by atoms with E-state index in [0.717, 1.165) is 25.4 Å². The lowest BCUT2D eigenvalue weighted by Crippen LogP contribution is -2.44. The summed E-state index contributed by atoms with van der Waals surface area (Å²) in [6, 6.07) is 5.05. The van der Waals surface area contributed by atoms with Crippen LogP contribution in [0, 0.1) is 11.8 Å². The van der Waals surface area contributed by atoms with Gasteiger partial charge in [-0.05, 0) is 36.8 Å². The molecule has 6 nitrogen and oxygen atoms in total. The number of hydrogen-bond acceptors (Lipinski definition) is 4. The van der Waals surface area contributed by atoms with Gasteiger partial charge in [0.2, 0.25) is 0 Å². The summed E-state index contributed by atoms with van der Waals surface area (Å²) in [4.78, 5) is 26.3. The molecule has 6 heteroatoms. The number of piperidine rings is 1. The van der Waals surface area contributed by atoms with Crippen LogP contribution >= 0.6 is 0 Å². The van der Waals surface area contributed by atoms with Crippen LogP contribution in [0.4, 0.5) is 10.5 Å². The van der Waals surface area contributed by atoms with Crippen molar-refractivity contribution in [2.75, 3.05) is 32.6 Å². The van der Waals surface area contributed by atoms with Gasteiger partial charge in [0.1, 0.15) is 5.75 Å². The molecule has 1 heterocycles. The lowest BCUT2D eigenvalue weighted by molar-refractivity contribution is 0.0518. The van der Waals surface area contributed by atoms with Crippen LogP contribution in [0.3, 0.4) is 0 Å². The van der Waals surface area contributed by atoms with Crippen LogP contribution in [0.1, 0.15) is 42.5 Å². The Labute approximate surface area is 148 Å². The molecule has 2 atom stereocenters. The van der Waals surface area contributed by atoms with E-state index in [0.29, 0.717) is 22.9 Å². The fourth-order valence-electron chi connectivity index (χ4n) is 4.07. The summed E-state index contributed by atoms with van der Waals surface area (Å²) in [6.45, 7) is 1.65. The summed E-state index contributed by atoms with van der Waals surface area (Å²) in [5, 5.41) is 2.58. The van der Waals surface area contributed by atoms with Gasteiger partial charge in [0, 0.05) is 24.8 Å². The summed E-state index contributed by atoms with van der Waals surface area (Å²) in [7, 11) is 2.83. The predicted molar refractivity (Wildman–Crippen MR) is 95.0 cm³/mol. The van der Waals surface area contributed by atoms with Crippen molar-refractivity contribution in [2.45, 2.75) is 32.1 Å². The number of fused-ring (bicyclic) bond motifs is 1. The van der Waals surface area contributed by atoms with Gasteiger partial charge in [0.25, 0.3) is 5.91 Å². The van der Waals surface area contributed by atoms with Gasteiger partial charge in [0.05, 0.1) is 19.8 Å². The SMILES string of the molecule is COC(=O)Nc1ccc(C(=O)N2CC[C@H]3CCCC[C@H]3C2)c(OC)c1. The van der Waals surface area contributed by atoms with Gasteiger partial charge in [-0.15, -0.1) is 0 Å².